The van der Waals surface area contributed by atoms with Crippen LogP contribution in [0.1, 0.15) is 11.1 Å². The molecule has 3 heterocycles. The van der Waals surface area contributed by atoms with Gasteiger partial charge in [0.15, 0.2) is 11.5 Å². The highest BCUT2D eigenvalue weighted by Gasteiger charge is 2.17. The van der Waals surface area contributed by atoms with Gasteiger partial charge in [0, 0.05) is 29.6 Å². The normalized spacial score (nSPS) is 12.4. The van der Waals surface area contributed by atoms with Gasteiger partial charge in [-0.25, -0.2) is 9.07 Å². The molecular formula is C27H21FN4O3. The second kappa shape index (κ2) is 8.73. The highest BCUT2D eigenvalue weighted by Crippen LogP contribution is 2.32. The molecule has 3 aromatic carbocycles. The van der Waals surface area contributed by atoms with E-state index >= 15 is 0 Å². The number of nitrogens with one attached hydrogen (secondary N) is 2. The average molecular weight is 468 g/mol. The third-order valence-corrected chi connectivity index (χ3v) is 5.96. The molecule has 1 aliphatic rings. The molecule has 35 heavy (non-hydrogen) atoms. The third-order valence-electron chi connectivity index (χ3n) is 5.96. The van der Waals surface area contributed by atoms with E-state index in [-0.39, 0.29) is 18.2 Å². The van der Waals surface area contributed by atoms with Crippen LogP contribution in [0.5, 0.6) is 11.5 Å². The summed E-state index contributed by atoms with van der Waals surface area (Å²) < 4.78 is 26.1. The van der Waals surface area contributed by atoms with Crippen LogP contribution in [0.4, 0.5) is 4.39 Å². The number of aromatic amines is 1. The van der Waals surface area contributed by atoms with Crippen LogP contribution in [0.15, 0.2) is 83.7 Å². The van der Waals surface area contributed by atoms with Crippen molar-refractivity contribution in [3.8, 4) is 28.4 Å². The zero-order valence-electron chi connectivity index (χ0n) is 18.6. The molecule has 0 atom stereocenters. The van der Waals surface area contributed by atoms with E-state index in [2.05, 4.69) is 10.3 Å². The Morgan fingerprint density at radius 2 is 1.74 bits per heavy atom. The fraction of sp³-hybridized carbons (Fsp3) is 0.111. The maximum absolute atomic E-state index is 13.6. The van der Waals surface area contributed by atoms with Crippen LogP contribution in [0.25, 0.3) is 28.0 Å². The van der Waals surface area contributed by atoms with E-state index in [1.54, 1.807) is 16.8 Å². The van der Waals surface area contributed by atoms with E-state index in [1.165, 1.54) is 12.1 Å². The molecule has 0 aliphatic carbocycles. The van der Waals surface area contributed by atoms with Crippen molar-refractivity contribution in [1.82, 2.24) is 20.1 Å². The first-order chi connectivity index (χ1) is 17.2. The lowest BCUT2D eigenvalue weighted by Crippen LogP contribution is -2.21. The molecule has 8 heteroatoms. The fourth-order valence-electron chi connectivity index (χ4n) is 4.22. The molecule has 6 rings (SSSR count). The predicted molar refractivity (Wildman–Crippen MR) is 130 cm³/mol. The fourth-order valence-corrected chi connectivity index (χ4v) is 4.22. The van der Waals surface area contributed by atoms with Crippen LogP contribution < -0.4 is 20.3 Å². The van der Waals surface area contributed by atoms with E-state index in [1.807, 2.05) is 54.6 Å². The minimum Gasteiger partial charge on any atom is -0.454 e. The lowest BCUT2D eigenvalue weighted by atomic mass is 10.1. The van der Waals surface area contributed by atoms with Crippen molar-refractivity contribution in [2.24, 2.45) is 0 Å². The monoisotopic (exact) mass is 468 g/mol. The lowest BCUT2D eigenvalue weighted by molar-refractivity contribution is 0.174. The molecule has 0 saturated carbocycles. The smallest absolute Gasteiger partial charge is 0.254 e. The van der Waals surface area contributed by atoms with Crippen LogP contribution >= 0.6 is 0 Å². The molecule has 1 aliphatic heterocycles. The van der Waals surface area contributed by atoms with E-state index in [0.29, 0.717) is 30.0 Å². The molecule has 7 nitrogen and oxygen atoms in total. The minimum absolute atomic E-state index is 0.196. The molecule has 0 unspecified atom stereocenters. The van der Waals surface area contributed by atoms with Crippen LogP contribution in [-0.2, 0) is 13.1 Å². The Balaban J connectivity index is 1.35. The van der Waals surface area contributed by atoms with Gasteiger partial charge in [-0.05, 0) is 60.2 Å². The van der Waals surface area contributed by atoms with Gasteiger partial charge in [-0.3, -0.25) is 4.79 Å². The highest BCUT2D eigenvalue weighted by molar-refractivity contribution is 5.92. The van der Waals surface area contributed by atoms with Crippen LogP contribution in [0, 0.1) is 5.82 Å². The van der Waals surface area contributed by atoms with Gasteiger partial charge in [-0.2, -0.15) is 5.10 Å². The summed E-state index contributed by atoms with van der Waals surface area (Å²) in [5, 5.41) is 8.89. The Labute approximate surface area is 199 Å². The Morgan fingerprint density at radius 1 is 0.943 bits per heavy atom. The second-order valence-corrected chi connectivity index (χ2v) is 8.28. The summed E-state index contributed by atoms with van der Waals surface area (Å²) in [6.07, 6.45) is 0. The quantitative estimate of drug-likeness (QED) is 0.383. The summed E-state index contributed by atoms with van der Waals surface area (Å²) >= 11 is 0. The molecule has 2 N–H and O–H groups in total. The van der Waals surface area contributed by atoms with Gasteiger partial charge in [0.05, 0.1) is 5.69 Å². The van der Waals surface area contributed by atoms with Gasteiger partial charge in [-0.15, -0.1) is 0 Å². The summed E-state index contributed by atoms with van der Waals surface area (Å²) in [5.41, 5.74) is 4.23. The number of fused-ring (bicyclic) bond motifs is 2. The summed E-state index contributed by atoms with van der Waals surface area (Å²) in [5.74, 6) is 1.14. The van der Waals surface area contributed by atoms with E-state index in [0.717, 1.165) is 33.7 Å². The number of H-pyrrole nitrogens is 1. The van der Waals surface area contributed by atoms with Crippen molar-refractivity contribution < 1.29 is 13.9 Å². The number of rotatable bonds is 6. The first-order valence-electron chi connectivity index (χ1n) is 11.2. The van der Waals surface area contributed by atoms with Crippen LogP contribution in [0.2, 0.25) is 0 Å². The zero-order chi connectivity index (χ0) is 23.8. The van der Waals surface area contributed by atoms with Gasteiger partial charge in [0.1, 0.15) is 17.2 Å². The largest absolute Gasteiger partial charge is 0.454 e. The summed E-state index contributed by atoms with van der Waals surface area (Å²) in [4.78, 5) is 16.0. The molecule has 174 valence electrons. The predicted octanol–water partition coefficient (Wildman–Crippen LogP) is 4.54. The van der Waals surface area contributed by atoms with E-state index in [4.69, 9.17) is 14.6 Å². The summed E-state index contributed by atoms with van der Waals surface area (Å²) in [6, 6.07) is 23.4. The van der Waals surface area contributed by atoms with Crippen LogP contribution in [0.3, 0.4) is 0 Å². The van der Waals surface area contributed by atoms with Crippen molar-refractivity contribution in [3.05, 3.63) is 106 Å². The van der Waals surface area contributed by atoms with Gasteiger partial charge < -0.3 is 19.8 Å². The Hall–Kier alpha value is -4.43. The number of halogens is 1. The van der Waals surface area contributed by atoms with Crippen molar-refractivity contribution in [2.75, 3.05) is 6.79 Å². The molecular weight excluding hydrogens is 447 g/mol. The standard InChI is InChI=1S/C27H21FN4O3/c28-20-9-7-18(8-10-20)25-22-13-19(15-29-14-17-6-11-23-24(12-17)35-16-34-23)27(33)30-26(22)32(31-25)21-4-2-1-3-5-21/h1-13,29H,14-16H2,(H,30,33). The third kappa shape index (κ3) is 4.04. The molecule has 0 spiro atoms. The topological polar surface area (TPSA) is 81.2 Å². The van der Waals surface area contributed by atoms with E-state index in [9.17, 15) is 9.18 Å². The number of hydrogen-bond acceptors (Lipinski definition) is 5. The molecule has 0 fully saturated rings. The number of ether oxygens (including phenoxy) is 2. The number of nitrogens with zero attached hydrogens (tertiary/aromatic N) is 2. The maximum Gasteiger partial charge on any atom is 0.254 e. The summed E-state index contributed by atoms with van der Waals surface area (Å²) in [7, 11) is 0. The van der Waals surface area contributed by atoms with Crippen molar-refractivity contribution >= 4 is 11.0 Å². The number of benzene rings is 3. The van der Waals surface area contributed by atoms with Crippen LogP contribution in [-0.4, -0.2) is 21.6 Å². The molecule has 5 aromatic rings. The van der Waals surface area contributed by atoms with Gasteiger partial charge in [0.25, 0.3) is 5.56 Å². The van der Waals surface area contributed by atoms with E-state index < -0.39 is 0 Å². The minimum atomic E-state index is -0.317. The second-order valence-electron chi connectivity index (χ2n) is 8.28. The average Bonchev–Trinajstić information content (AvgIpc) is 3.49. The number of pyridine rings is 1. The van der Waals surface area contributed by atoms with Gasteiger partial charge in [-0.1, -0.05) is 24.3 Å². The Kier molecular flexibility index (Phi) is 5.27. The van der Waals surface area contributed by atoms with Gasteiger partial charge in [0.2, 0.25) is 6.79 Å². The van der Waals surface area contributed by atoms with Crippen molar-refractivity contribution in [1.29, 1.82) is 0 Å². The van der Waals surface area contributed by atoms with Crippen molar-refractivity contribution in [3.63, 3.8) is 0 Å². The number of aromatic nitrogens is 3. The SMILES string of the molecule is O=c1[nH]c2c(cc1CNCc1ccc3c(c1)OCO3)c(-c1ccc(F)cc1)nn2-c1ccccc1. The number of hydrogen-bond donors (Lipinski definition) is 2. The highest BCUT2D eigenvalue weighted by atomic mass is 19.1. The maximum atomic E-state index is 13.6. The molecule has 0 amide bonds. The Morgan fingerprint density at radius 3 is 2.57 bits per heavy atom. The first-order valence-corrected chi connectivity index (χ1v) is 11.2. The van der Waals surface area contributed by atoms with Gasteiger partial charge >= 0.3 is 0 Å². The molecule has 0 bridgehead atoms. The zero-order valence-corrected chi connectivity index (χ0v) is 18.6. The first kappa shape index (κ1) is 21.1. The lowest BCUT2D eigenvalue weighted by Gasteiger charge is -2.07. The molecule has 2 aromatic heterocycles. The van der Waals surface area contributed by atoms with Crippen molar-refractivity contribution in [2.45, 2.75) is 13.1 Å². The molecule has 0 saturated heterocycles. The molecule has 0 radical (unpaired) electrons. The number of para-hydroxylation sites is 1. The Bertz CT molecular complexity index is 1580. The summed E-state index contributed by atoms with van der Waals surface area (Å²) in [6.45, 7) is 1.15.